The number of carbonyl (C=O) groups is 2. The molecule has 0 unspecified atom stereocenters. The maximum atomic E-state index is 11.4. The average molecular weight is 399 g/mol. The number of ketones is 2. The lowest BCUT2D eigenvalue weighted by molar-refractivity contribution is -0.124. The van der Waals surface area contributed by atoms with Crippen molar-refractivity contribution in [1.29, 1.82) is 0 Å². The van der Waals surface area contributed by atoms with Crippen molar-refractivity contribution in [2.75, 3.05) is 13.1 Å². The Morgan fingerprint density at radius 3 is 1.21 bits per heavy atom. The summed E-state index contributed by atoms with van der Waals surface area (Å²) in [5, 5.41) is 0. The number of amidine groups is 2. The molecule has 0 aliphatic rings. The predicted molar refractivity (Wildman–Crippen MR) is 118 cm³/mol. The first-order chi connectivity index (χ1) is 12.9. The number of rotatable bonds is 12. The minimum absolute atomic E-state index is 0.0183. The Labute approximate surface area is 170 Å². The summed E-state index contributed by atoms with van der Waals surface area (Å²) in [6.45, 7) is 12.3. The van der Waals surface area contributed by atoms with Gasteiger partial charge in [0, 0.05) is 24.9 Å². The van der Waals surface area contributed by atoms with E-state index in [0.29, 0.717) is 37.6 Å². The maximum Gasteiger partial charge on any atom is 0.152 e. The summed E-state index contributed by atoms with van der Waals surface area (Å²) in [6, 6.07) is -0.688. The van der Waals surface area contributed by atoms with Gasteiger partial charge in [0.25, 0.3) is 0 Å². The van der Waals surface area contributed by atoms with E-state index in [0.717, 1.165) is 12.8 Å². The van der Waals surface area contributed by atoms with E-state index >= 15 is 0 Å². The average Bonchev–Trinajstić information content (AvgIpc) is 2.60. The first-order valence-corrected chi connectivity index (χ1v) is 10.0. The number of hydrogen-bond acceptors (Lipinski definition) is 6. The highest BCUT2D eigenvalue weighted by molar-refractivity contribution is 5.85. The molecule has 0 spiro atoms. The van der Waals surface area contributed by atoms with Gasteiger partial charge in [-0.2, -0.15) is 0 Å². The van der Waals surface area contributed by atoms with Crippen LogP contribution in [0, 0.1) is 11.8 Å². The minimum Gasteiger partial charge on any atom is -0.388 e. The third-order valence-corrected chi connectivity index (χ3v) is 3.94. The largest absolute Gasteiger partial charge is 0.388 e. The van der Waals surface area contributed by atoms with Gasteiger partial charge in [0.15, 0.2) is 11.6 Å². The summed E-state index contributed by atoms with van der Waals surface area (Å²) in [4.78, 5) is 30.8. The molecule has 0 fully saturated rings. The van der Waals surface area contributed by atoms with Crippen LogP contribution in [-0.2, 0) is 9.59 Å². The molecule has 0 aliphatic carbocycles. The Morgan fingerprint density at radius 1 is 0.714 bits per heavy atom. The molecule has 8 nitrogen and oxygen atoms in total. The molecule has 0 bridgehead atoms. The predicted octanol–water partition coefficient (Wildman–Crippen LogP) is 1.39. The molecule has 0 rings (SSSR count). The Hall–Kier alpha value is -1.80. The molecule has 0 radical (unpaired) electrons. The van der Waals surface area contributed by atoms with Crippen molar-refractivity contribution in [1.82, 2.24) is 0 Å². The molecule has 8 heteroatoms. The molecule has 8 N–H and O–H groups in total. The highest BCUT2D eigenvalue weighted by Crippen LogP contribution is 2.04. The standard InChI is InChI=1S/2C10H21N3O/c2*1-7(2)10(14)9(12)5-4-6-13-8(3)11/h2*7,9H,4-6,12H2,1-3H3,(H2,11,13)/t2*9-/m10/s1. The molecule has 0 aromatic rings. The van der Waals surface area contributed by atoms with E-state index in [2.05, 4.69) is 9.98 Å². The van der Waals surface area contributed by atoms with Crippen molar-refractivity contribution in [3.8, 4) is 0 Å². The third kappa shape index (κ3) is 16.4. The summed E-state index contributed by atoms with van der Waals surface area (Å²) in [7, 11) is 0. The van der Waals surface area contributed by atoms with E-state index in [9.17, 15) is 9.59 Å². The zero-order chi connectivity index (χ0) is 22.3. The van der Waals surface area contributed by atoms with Crippen molar-refractivity contribution >= 4 is 23.2 Å². The quantitative estimate of drug-likeness (QED) is 0.220. The zero-order valence-corrected chi connectivity index (χ0v) is 18.6. The minimum atomic E-state index is -0.344. The van der Waals surface area contributed by atoms with E-state index < -0.39 is 0 Å². The molecular formula is C20H42N6O2. The van der Waals surface area contributed by atoms with Crippen LogP contribution in [0.5, 0.6) is 0 Å². The van der Waals surface area contributed by atoms with Gasteiger partial charge in [-0.3, -0.25) is 19.6 Å². The number of carbonyl (C=O) groups excluding carboxylic acids is 2. The van der Waals surface area contributed by atoms with E-state index in [1.165, 1.54) is 0 Å². The van der Waals surface area contributed by atoms with Crippen molar-refractivity contribution in [3.05, 3.63) is 0 Å². The summed E-state index contributed by atoms with van der Waals surface area (Å²) < 4.78 is 0. The first-order valence-electron chi connectivity index (χ1n) is 10.0. The normalized spacial score (nSPS) is 14.5. The molecule has 0 aromatic heterocycles. The molecular weight excluding hydrogens is 356 g/mol. The van der Waals surface area contributed by atoms with Crippen LogP contribution in [0.1, 0.15) is 67.2 Å². The van der Waals surface area contributed by atoms with Crippen molar-refractivity contribution in [2.24, 2.45) is 44.8 Å². The lowest BCUT2D eigenvalue weighted by Gasteiger charge is -2.11. The van der Waals surface area contributed by atoms with Crippen LogP contribution in [-0.4, -0.2) is 48.4 Å². The molecule has 28 heavy (non-hydrogen) atoms. The third-order valence-electron chi connectivity index (χ3n) is 3.94. The van der Waals surface area contributed by atoms with Gasteiger partial charge in [-0.05, 0) is 39.5 Å². The second-order valence-electron chi connectivity index (χ2n) is 7.66. The van der Waals surface area contributed by atoms with Crippen molar-refractivity contribution in [2.45, 2.75) is 79.3 Å². The summed E-state index contributed by atoms with van der Waals surface area (Å²) in [5.41, 5.74) is 22.1. The Kier molecular flexibility index (Phi) is 16.4. The van der Waals surface area contributed by atoms with Gasteiger partial charge in [0.2, 0.25) is 0 Å². The van der Waals surface area contributed by atoms with Gasteiger partial charge in [0.1, 0.15) is 0 Å². The Morgan fingerprint density at radius 2 is 1.00 bits per heavy atom. The number of nitrogens with two attached hydrogens (primary N) is 4. The second-order valence-corrected chi connectivity index (χ2v) is 7.66. The van der Waals surface area contributed by atoms with Crippen LogP contribution < -0.4 is 22.9 Å². The van der Waals surface area contributed by atoms with Gasteiger partial charge in [-0.15, -0.1) is 0 Å². The van der Waals surface area contributed by atoms with Gasteiger partial charge in [0.05, 0.1) is 23.8 Å². The van der Waals surface area contributed by atoms with E-state index in [1.807, 2.05) is 27.7 Å². The van der Waals surface area contributed by atoms with Crippen LogP contribution in [0.25, 0.3) is 0 Å². The highest BCUT2D eigenvalue weighted by atomic mass is 16.1. The fourth-order valence-corrected chi connectivity index (χ4v) is 2.27. The second kappa shape index (κ2) is 16.2. The SMILES string of the molecule is CC(N)=NCCC[C@@H](N)C(=O)C(C)C.CC(N)=NCCC[C@H](N)C(=O)C(C)C. The van der Waals surface area contributed by atoms with Gasteiger partial charge in [-0.25, -0.2) is 0 Å². The number of aliphatic imine (C=N–C) groups is 2. The molecule has 0 saturated heterocycles. The fourth-order valence-electron chi connectivity index (χ4n) is 2.27. The molecule has 0 saturated carbocycles. The van der Waals surface area contributed by atoms with Crippen molar-refractivity contribution in [3.63, 3.8) is 0 Å². The van der Waals surface area contributed by atoms with Crippen LogP contribution >= 0.6 is 0 Å². The van der Waals surface area contributed by atoms with Crippen LogP contribution in [0.2, 0.25) is 0 Å². The first kappa shape index (κ1) is 28.4. The van der Waals surface area contributed by atoms with Crippen LogP contribution in [0.4, 0.5) is 0 Å². The molecule has 0 heterocycles. The zero-order valence-electron chi connectivity index (χ0n) is 18.6. The van der Waals surface area contributed by atoms with E-state index in [4.69, 9.17) is 22.9 Å². The molecule has 0 amide bonds. The van der Waals surface area contributed by atoms with Crippen LogP contribution in [0.3, 0.4) is 0 Å². The molecule has 164 valence electrons. The smallest absolute Gasteiger partial charge is 0.152 e. The lowest BCUT2D eigenvalue weighted by atomic mass is 9.99. The number of Topliss-reactive ketones (excluding diaryl/α,β-unsaturated/α-hetero) is 2. The highest BCUT2D eigenvalue weighted by Gasteiger charge is 2.16. The van der Waals surface area contributed by atoms with Gasteiger partial charge < -0.3 is 22.9 Å². The number of nitrogens with zero attached hydrogens (tertiary/aromatic N) is 2. The monoisotopic (exact) mass is 398 g/mol. The van der Waals surface area contributed by atoms with Gasteiger partial charge >= 0.3 is 0 Å². The lowest BCUT2D eigenvalue weighted by Crippen LogP contribution is -2.33. The molecule has 0 aliphatic heterocycles. The summed E-state index contributed by atoms with van der Waals surface area (Å²) >= 11 is 0. The van der Waals surface area contributed by atoms with Gasteiger partial charge in [-0.1, -0.05) is 27.7 Å². The summed E-state index contributed by atoms with van der Waals surface area (Å²) in [5.74, 6) is 1.44. The molecule has 2 atom stereocenters. The summed E-state index contributed by atoms with van der Waals surface area (Å²) in [6.07, 6.45) is 3.00. The fraction of sp³-hybridized carbons (Fsp3) is 0.800. The molecule has 0 aromatic carbocycles. The number of hydrogen-bond donors (Lipinski definition) is 4. The Balaban J connectivity index is 0. The van der Waals surface area contributed by atoms with Crippen molar-refractivity contribution < 1.29 is 9.59 Å². The Bertz CT molecular complexity index is 461. The topological polar surface area (TPSA) is 163 Å². The maximum absolute atomic E-state index is 11.4. The van der Waals surface area contributed by atoms with E-state index in [-0.39, 0.29) is 35.5 Å². The van der Waals surface area contributed by atoms with Crippen LogP contribution in [0.15, 0.2) is 9.98 Å². The van der Waals surface area contributed by atoms with E-state index in [1.54, 1.807) is 13.8 Å².